The summed E-state index contributed by atoms with van der Waals surface area (Å²) < 4.78 is 0. The van der Waals surface area contributed by atoms with E-state index in [1.165, 1.54) is 4.90 Å². The van der Waals surface area contributed by atoms with E-state index in [0.717, 1.165) is 12.8 Å². The number of hydrogen-bond donors (Lipinski definition) is 1. The van der Waals surface area contributed by atoms with Crippen LogP contribution in [0.4, 0.5) is 0 Å². The molecule has 0 aromatic rings. The van der Waals surface area contributed by atoms with Crippen molar-refractivity contribution in [3.8, 4) is 0 Å². The standard InChI is InChI=1S/C15H27N3O3/c1-5-6-12(4)14(20)17-7-9-18(10-8-17)15(21)13(19)16-11(2)3/h11-12H,5-10H2,1-4H3,(H,16,19). The fourth-order valence-corrected chi connectivity index (χ4v) is 2.47. The topological polar surface area (TPSA) is 69.7 Å². The minimum atomic E-state index is -0.566. The third-order valence-corrected chi connectivity index (χ3v) is 3.64. The number of nitrogens with one attached hydrogen (secondary N) is 1. The first-order valence-electron chi connectivity index (χ1n) is 7.75. The molecule has 0 saturated carbocycles. The molecular weight excluding hydrogens is 270 g/mol. The lowest BCUT2D eigenvalue weighted by Crippen LogP contribution is -2.55. The van der Waals surface area contributed by atoms with Crippen LogP contribution in [-0.4, -0.2) is 59.7 Å². The van der Waals surface area contributed by atoms with E-state index in [4.69, 9.17) is 0 Å². The SMILES string of the molecule is CCCC(C)C(=O)N1CCN(C(=O)C(=O)NC(C)C)CC1. The molecule has 120 valence electrons. The lowest BCUT2D eigenvalue weighted by molar-refractivity contribution is -0.149. The average Bonchev–Trinajstić information content (AvgIpc) is 2.45. The van der Waals surface area contributed by atoms with Crippen molar-refractivity contribution in [1.82, 2.24) is 15.1 Å². The maximum Gasteiger partial charge on any atom is 0.312 e. The quantitative estimate of drug-likeness (QED) is 0.773. The van der Waals surface area contributed by atoms with Crippen molar-refractivity contribution in [2.45, 2.75) is 46.6 Å². The molecule has 1 N–H and O–H groups in total. The summed E-state index contributed by atoms with van der Waals surface area (Å²) in [7, 11) is 0. The van der Waals surface area contributed by atoms with Crippen LogP contribution in [-0.2, 0) is 14.4 Å². The van der Waals surface area contributed by atoms with Crippen molar-refractivity contribution in [1.29, 1.82) is 0 Å². The molecule has 6 nitrogen and oxygen atoms in total. The van der Waals surface area contributed by atoms with Gasteiger partial charge in [0.1, 0.15) is 0 Å². The molecule has 3 amide bonds. The van der Waals surface area contributed by atoms with Gasteiger partial charge in [-0.2, -0.15) is 0 Å². The number of hydrogen-bond acceptors (Lipinski definition) is 3. The van der Waals surface area contributed by atoms with Gasteiger partial charge < -0.3 is 15.1 Å². The first-order chi connectivity index (χ1) is 9.86. The number of carbonyl (C=O) groups is 3. The Balaban J connectivity index is 2.46. The predicted molar refractivity (Wildman–Crippen MR) is 80.5 cm³/mol. The van der Waals surface area contributed by atoms with E-state index in [2.05, 4.69) is 12.2 Å². The van der Waals surface area contributed by atoms with Crippen molar-refractivity contribution < 1.29 is 14.4 Å². The summed E-state index contributed by atoms with van der Waals surface area (Å²) in [6, 6.07) is -0.0563. The molecule has 0 bridgehead atoms. The first-order valence-corrected chi connectivity index (χ1v) is 7.75. The van der Waals surface area contributed by atoms with Gasteiger partial charge in [0.15, 0.2) is 0 Å². The van der Waals surface area contributed by atoms with Crippen LogP contribution in [0.3, 0.4) is 0 Å². The van der Waals surface area contributed by atoms with Gasteiger partial charge in [-0.3, -0.25) is 14.4 Å². The highest BCUT2D eigenvalue weighted by Gasteiger charge is 2.29. The van der Waals surface area contributed by atoms with Gasteiger partial charge in [-0.15, -0.1) is 0 Å². The molecule has 1 fully saturated rings. The Morgan fingerprint density at radius 2 is 1.52 bits per heavy atom. The smallest absolute Gasteiger partial charge is 0.312 e. The molecule has 6 heteroatoms. The molecule has 1 aliphatic rings. The Hall–Kier alpha value is -1.59. The molecule has 1 aliphatic heterocycles. The summed E-state index contributed by atoms with van der Waals surface area (Å²) in [4.78, 5) is 39.1. The van der Waals surface area contributed by atoms with Gasteiger partial charge in [0.05, 0.1) is 0 Å². The number of rotatable bonds is 4. The van der Waals surface area contributed by atoms with Crippen LogP contribution in [0.2, 0.25) is 0 Å². The third-order valence-electron chi connectivity index (χ3n) is 3.64. The van der Waals surface area contributed by atoms with E-state index in [0.29, 0.717) is 26.2 Å². The van der Waals surface area contributed by atoms with E-state index in [1.807, 2.05) is 20.8 Å². The summed E-state index contributed by atoms with van der Waals surface area (Å²) in [5.74, 6) is -0.890. The zero-order chi connectivity index (χ0) is 16.0. The maximum atomic E-state index is 12.2. The van der Waals surface area contributed by atoms with Gasteiger partial charge in [-0.25, -0.2) is 0 Å². The third kappa shape index (κ3) is 5.02. The Morgan fingerprint density at radius 3 is 2.00 bits per heavy atom. The van der Waals surface area contributed by atoms with Crippen molar-refractivity contribution >= 4 is 17.7 Å². The van der Waals surface area contributed by atoms with Crippen LogP contribution in [0.1, 0.15) is 40.5 Å². The van der Waals surface area contributed by atoms with Crippen LogP contribution in [0.15, 0.2) is 0 Å². The Bertz CT molecular complexity index is 388. The molecule has 0 aromatic carbocycles. The molecule has 1 rings (SSSR count). The average molecular weight is 297 g/mol. The van der Waals surface area contributed by atoms with Crippen molar-refractivity contribution in [2.75, 3.05) is 26.2 Å². The van der Waals surface area contributed by atoms with Gasteiger partial charge in [0.2, 0.25) is 5.91 Å². The van der Waals surface area contributed by atoms with E-state index in [1.54, 1.807) is 4.90 Å². The second kappa shape index (κ2) is 8.00. The first kappa shape index (κ1) is 17.5. The minimum Gasteiger partial charge on any atom is -0.346 e. The Labute approximate surface area is 126 Å². The van der Waals surface area contributed by atoms with Crippen molar-refractivity contribution in [2.24, 2.45) is 5.92 Å². The largest absolute Gasteiger partial charge is 0.346 e. The summed E-state index contributed by atoms with van der Waals surface area (Å²) in [6.45, 7) is 9.51. The molecule has 21 heavy (non-hydrogen) atoms. The van der Waals surface area contributed by atoms with Gasteiger partial charge in [-0.05, 0) is 20.3 Å². The minimum absolute atomic E-state index is 0.0292. The second-order valence-electron chi connectivity index (χ2n) is 5.94. The Kier molecular flexibility index (Phi) is 6.65. The number of amides is 3. The van der Waals surface area contributed by atoms with E-state index in [-0.39, 0.29) is 17.9 Å². The van der Waals surface area contributed by atoms with Gasteiger partial charge in [-0.1, -0.05) is 20.3 Å². The van der Waals surface area contributed by atoms with E-state index >= 15 is 0 Å². The van der Waals surface area contributed by atoms with E-state index < -0.39 is 11.8 Å². The fourth-order valence-electron chi connectivity index (χ4n) is 2.47. The molecule has 0 spiro atoms. The molecule has 1 unspecified atom stereocenters. The number of carbonyl (C=O) groups excluding carboxylic acids is 3. The second-order valence-corrected chi connectivity index (χ2v) is 5.94. The zero-order valence-corrected chi connectivity index (χ0v) is 13.5. The highest BCUT2D eigenvalue weighted by atomic mass is 16.2. The van der Waals surface area contributed by atoms with Crippen molar-refractivity contribution in [3.05, 3.63) is 0 Å². The summed E-state index contributed by atoms with van der Waals surface area (Å²) >= 11 is 0. The van der Waals surface area contributed by atoms with Crippen LogP contribution in [0, 0.1) is 5.92 Å². The van der Waals surface area contributed by atoms with Gasteiger partial charge in [0, 0.05) is 38.1 Å². The Morgan fingerprint density at radius 1 is 1.00 bits per heavy atom. The highest BCUT2D eigenvalue weighted by molar-refractivity contribution is 6.35. The molecule has 1 atom stereocenters. The van der Waals surface area contributed by atoms with Gasteiger partial charge >= 0.3 is 11.8 Å². The van der Waals surface area contributed by atoms with Crippen LogP contribution >= 0.6 is 0 Å². The predicted octanol–water partition coefficient (Wildman–Crippen LogP) is 0.618. The van der Waals surface area contributed by atoms with Crippen LogP contribution in [0.25, 0.3) is 0 Å². The van der Waals surface area contributed by atoms with Crippen LogP contribution < -0.4 is 5.32 Å². The van der Waals surface area contributed by atoms with Crippen LogP contribution in [0.5, 0.6) is 0 Å². The highest BCUT2D eigenvalue weighted by Crippen LogP contribution is 2.12. The molecular formula is C15H27N3O3. The lowest BCUT2D eigenvalue weighted by atomic mass is 10.0. The molecule has 0 radical (unpaired) electrons. The normalized spacial score (nSPS) is 16.8. The maximum absolute atomic E-state index is 12.2. The van der Waals surface area contributed by atoms with Crippen molar-refractivity contribution in [3.63, 3.8) is 0 Å². The van der Waals surface area contributed by atoms with E-state index in [9.17, 15) is 14.4 Å². The lowest BCUT2D eigenvalue weighted by Gasteiger charge is -2.35. The number of nitrogens with zero attached hydrogens (tertiary/aromatic N) is 2. The molecule has 0 aromatic heterocycles. The summed E-state index contributed by atoms with van der Waals surface area (Å²) in [5, 5.41) is 2.60. The molecule has 1 saturated heterocycles. The van der Waals surface area contributed by atoms with Gasteiger partial charge in [0.25, 0.3) is 0 Å². The zero-order valence-electron chi connectivity index (χ0n) is 13.5. The monoisotopic (exact) mass is 297 g/mol. The summed E-state index contributed by atoms with van der Waals surface area (Å²) in [6.07, 6.45) is 1.87. The molecule has 0 aliphatic carbocycles. The fraction of sp³-hybridized carbons (Fsp3) is 0.800. The number of piperazine rings is 1. The summed E-state index contributed by atoms with van der Waals surface area (Å²) in [5.41, 5.74) is 0. The molecule has 1 heterocycles.